The van der Waals surface area contributed by atoms with Crippen molar-refractivity contribution in [3.63, 3.8) is 0 Å². The number of carbonyl (C=O) groups is 2. The molecule has 1 aromatic rings. The Balaban J connectivity index is 0. The number of nitrogens with zero attached hydrogens (tertiary/aromatic N) is 3. The predicted octanol–water partition coefficient (Wildman–Crippen LogP) is 3.22. The van der Waals surface area contributed by atoms with Gasteiger partial charge in [0.05, 0.1) is 0 Å². The minimum atomic E-state index is -0.470. The first-order valence-electron chi connectivity index (χ1n) is 13.2. The summed E-state index contributed by atoms with van der Waals surface area (Å²) >= 11 is 0. The molecule has 2 heterocycles. The van der Waals surface area contributed by atoms with Gasteiger partial charge in [-0.05, 0) is 80.0 Å². The largest absolute Gasteiger partial charge is 0.444 e. The Kier molecular flexibility index (Phi) is 17.4. The van der Waals surface area contributed by atoms with Gasteiger partial charge in [-0.1, -0.05) is 12.1 Å². The maximum atomic E-state index is 12.9. The van der Waals surface area contributed by atoms with Crippen molar-refractivity contribution in [2.45, 2.75) is 98.2 Å². The third-order valence-electron chi connectivity index (χ3n) is 6.05. The van der Waals surface area contributed by atoms with E-state index in [-0.39, 0.29) is 61.5 Å². The Morgan fingerprint density at radius 1 is 0.850 bits per heavy atom. The molecule has 2 aliphatic rings. The molecule has 236 valence electrons. The third kappa shape index (κ3) is 14.2. The number of amides is 2. The van der Waals surface area contributed by atoms with Crippen LogP contribution in [0.4, 0.5) is 14.0 Å². The van der Waals surface area contributed by atoms with E-state index in [0.29, 0.717) is 12.6 Å². The number of piperazine rings is 2. The van der Waals surface area contributed by atoms with E-state index in [9.17, 15) is 14.0 Å². The maximum absolute atomic E-state index is 12.9. The molecule has 40 heavy (non-hydrogen) atoms. The Morgan fingerprint density at radius 3 is 1.82 bits per heavy atom. The molecule has 5 N–H and O–H groups in total. The van der Waals surface area contributed by atoms with E-state index >= 15 is 0 Å². The van der Waals surface area contributed by atoms with Crippen molar-refractivity contribution in [2.24, 2.45) is 0 Å². The van der Waals surface area contributed by atoms with Crippen molar-refractivity contribution < 1.29 is 54.8 Å². The van der Waals surface area contributed by atoms with Crippen LogP contribution in [0.5, 0.6) is 0 Å². The summed E-state index contributed by atoms with van der Waals surface area (Å²) in [6, 6.07) is 7.22. The molecule has 0 aromatic heterocycles. The maximum Gasteiger partial charge on any atom is 0.410 e. The molecule has 2 fully saturated rings. The summed E-state index contributed by atoms with van der Waals surface area (Å²) in [4.78, 5) is 29.9. The molecule has 0 aliphatic carbocycles. The van der Waals surface area contributed by atoms with Gasteiger partial charge in [-0.15, -0.1) is 0 Å². The van der Waals surface area contributed by atoms with Crippen LogP contribution < -0.4 is 5.32 Å². The zero-order chi connectivity index (χ0) is 28.0. The Labute approximate surface area is 253 Å². The minimum absolute atomic E-state index is 0. The van der Waals surface area contributed by atoms with E-state index in [1.54, 1.807) is 21.9 Å². The van der Waals surface area contributed by atoms with Gasteiger partial charge in [-0.3, -0.25) is 4.90 Å². The van der Waals surface area contributed by atoms with Gasteiger partial charge >= 0.3 is 12.2 Å². The van der Waals surface area contributed by atoms with Gasteiger partial charge < -0.3 is 35.5 Å². The topological polar surface area (TPSA) is 137 Å². The number of nitrogens with one attached hydrogen (secondary N) is 1. The molecule has 0 unspecified atom stereocenters. The van der Waals surface area contributed by atoms with Crippen LogP contribution in [0, 0.1) is 5.82 Å². The third-order valence-corrected chi connectivity index (χ3v) is 6.05. The van der Waals surface area contributed by atoms with Gasteiger partial charge in [0, 0.05) is 77.8 Å². The fourth-order valence-electron chi connectivity index (χ4n) is 4.21. The first-order valence-corrected chi connectivity index (χ1v) is 13.2. The molecule has 2 saturated heterocycles. The van der Waals surface area contributed by atoms with Crippen molar-refractivity contribution in [2.75, 3.05) is 32.7 Å². The van der Waals surface area contributed by atoms with Gasteiger partial charge in [-0.2, -0.15) is 0 Å². The molecule has 3 rings (SSSR count). The number of hydrogen-bond acceptors (Lipinski definition) is 6. The van der Waals surface area contributed by atoms with E-state index < -0.39 is 11.2 Å². The van der Waals surface area contributed by atoms with Gasteiger partial charge in [-0.25, -0.2) is 14.0 Å². The minimum Gasteiger partial charge on any atom is -0.444 e. The van der Waals surface area contributed by atoms with Crippen LogP contribution >= 0.6 is 0 Å². The van der Waals surface area contributed by atoms with Gasteiger partial charge in [0.1, 0.15) is 17.0 Å². The molecule has 12 heteroatoms. The molecule has 2 amide bonds. The standard InChI is InChI=1S/C17H25FN2O2.C11H22N2O2.2H2O.Pd/c1-13-11-19(12-14-5-7-15(18)8-6-14)9-10-20(13)16(21)22-17(2,3)4;1-8-7-13(9(2)6-12-8)10(14)15-11(3,4)5;;;/h5-8,13H,9-12H2,1-4H3;8-9,12H,6-7H2,1-5H3;2*1H2;/t13-;8-,9+;;;/m10.../s1. The fraction of sp³-hybridized carbons (Fsp3) is 0.714. The second-order valence-corrected chi connectivity index (χ2v) is 12.2. The first kappa shape index (κ1) is 40.3. The van der Waals surface area contributed by atoms with E-state index in [0.717, 1.165) is 38.3 Å². The summed E-state index contributed by atoms with van der Waals surface area (Å²) in [5.41, 5.74) is 0.201. The van der Waals surface area contributed by atoms with E-state index in [2.05, 4.69) is 17.1 Å². The van der Waals surface area contributed by atoms with Crippen LogP contribution in [0.15, 0.2) is 24.3 Å². The number of rotatable bonds is 2. The molecule has 10 nitrogen and oxygen atoms in total. The van der Waals surface area contributed by atoms with Gasteiger partial charge in [0.25, 0.3) is 0 Å². The van der Waals surface area contributed by atoms with Gasteiger partial charge in [0.2, 0.25) is 0 Å². The molecule has 1 aromatic carbocycles. The van der Waals surface area contributed by atoms with E-state index in [4.69, 9.17) is 9.47 Å². The smallest absolute Gasteiger partial charge is 0.410 e. The van der Waals surface area contributed by atoms with Gasteiger partial charge in [0.15, 0.2) is 0 Å². The van der Waals surface area contributed by atoms with Crippen LogP contribution in [0.3, 0.4) is 0 Å². The summed E-state index contributed by atoms with van der Waals surface area (Å²) in [6.07, 6.45) is -0.454. The van der Waals surface area contributed by atoms with Crippen LogP contribution in [-0.2, 0) is 36.4 Å². The van der Waals surface area contributed by atoms with Crippen molar-refractivity contribution in [1.29, 1.82) is 0 Å². The average molecular weight is 665 g/mol. The fourth-order valence-corrected chi connectivity index (χ4v) is 4.21. The molecule has 0 bridgehead atoms. The van der Waals surface area contributed by atoms with Crippen molar-refractivity contribution in [3.8, 4) is 0 Å². The van der Waals surface area contributed by atoms with Crippen LogP contribution in [0.2, 0.25) is 0 Å². The molecule has 0 saturated carbocycles. The summed E-state index contributed by atoms with van der Waals surface area (Å²) in [5, 5.41) is 3.33. The Hall–Kier alpha value is -1.81. The summed E-state index contributed by atoms with van der Waals surface area (Å²) in [5.74, 6) is -0.216. The van der Waals surface area contributed by atoms with Crippen LogP contribution in [0.1, 0.15) is 67.9 Å². The summed E-state index contributed by atoms with van der Waals surface area (Å²) in [6.45, 7) is 22.0. The average Bonchev–Trinajstić information content (AvgIpc) is 2.75. The Bertz CT molecular complexity index is 894. The predicted molar refractivity (Wildman–Crippen MR) is 151 cm³/mol. The van der Waals surface area contributed by atoms with Crippen LogP contribution in [-0.4, -0.2) is 99.9 Å². The summed E-state index contributed by atoms with van der Waals surface area (Å²) in [7, 11) is 0. The molecule has 2 aliphatic heterocycles. The second kappa shape index (κ2) is 17.2. The summed E-state index contributed by atoms with van der Waals surface area (Å²) < 4.78 is 23.7. The number of benzene rings is 1. The molecular formula is C28H51FN4O6Pd. The number of carbonyl (C=O) groups excluding carboxylic acids is 2. The quantitative estimate of drug-likeness (QED) is 0.482. The van der Waals surface area contributed by atoms with E-state index in [1.807, 2.05) is 55.4 Å². The molecule has 3 atom stereocenters. The Morgan fingerprint density at radius 2 is 1.35 bits per heavy atom. The molecule has 0 spiro atoms. The second-order valence-electron chi connectivity index (χ2n) is 12.2. The monoisotopic (exact) mass is 664 g/mol. The van der Waals surface area contributed by atoms with Crippen molar-refractivity contribution >= 4 is 12.2 Å². The van der Waals surface area contributed by atoms with Crippen molar-refractivity contribution in [3.05, 3.63) is 35.6 Å². The molecule has 0 radical (unpaired) electrons. The number of hydrogen-bond donors (Lipinski definition) is 1. The van der Waals surface area contributed by atoms with E-state index in [1.165, 1.54) is 12.1 Å². The normalized spacial score (nSPS) is 21.4. The van der Waals surface area contributed by atoms with Crippen molar-refractivity contribution in [1.82, 2.24) is 20.0 Å². The zero-order valence-electron chi connectivity index (χ0n) is 25.5. The first-order chi connectivity index (χ1) is 17.0. The number of halogens is 1. The number of ether oxygens (including phenoxy) is 2. The SMILES string of the molecule is C[C@@H]1CN(Cc2ccc(F)cc2)CCN1C(=O)OC(C)(C)C.C[C@@H]1CN[C@@H](C)CN1C(=O)OC(C)(C)C.O.O.[Pd]. The van der Waals surface area contributed by atoms with Crippen LogP contribution in [0.25, 0.3) is 0 Å². The zero-order valence-corrected chi connectivity index (χ0v) is 27.0. The molecular weight excluding hydrogens is 614 g/mol.